The third-order valence-electron chi connectivity index (χ3n) is 6.04. The first-order chi connectivity index (χ1) is 15.4. The molecule has 0 spiro atoms. The zero-order chi connectivity index (χ0) is 22.4. The van der Waals surface area contributed by atoms with Crippen LogP contribution in [0.2, 0.25) is 0 Å². The maximum absolute atomic E-state index is 14.4. The molecule has 2 aromatic heterocycles. The molecule has 0 bridgehead atoms. The smallest absolute Gasteiger partial charge is 0.239 e. The lowest BCUT2D eigenvalue weighted by molar-refractivity contribution is 0.122. The highest BCUT2D eigenvalue weighted by Gasteiger charge is 2.25. The predicted octanol–water partition coefficient (Wildman–Crippen LogP) is 3.15. The van der Waals surface area contributed by atoms with Crippen LogP contribution in [0.5, 0.6) is 0 Å². The van der Waals surface area contributed by atoms with Gasteiger partial charge >= 0.3 is 0 Å². The monoisotopic (exact) mass is 519 g/mol. The summed E-state index contributed by atoms with van der Waals surface area (Å²) in [5.41, 5.74) is 5.87. The van der Waals surface area contributed by atoms with Crippen molar-refractivity contribution in [1.82, 2.24) is 19.5 Å². The number of hydrogen-bond acceptors (Lipinski definition) is 7. The van der Waals surface area contributed by atoms with Gasteiger partial charge in [-0.15, -0.1) is 24.8 Å². The van der Waals surface area contributed by atoms with Gasteiger partial charge in [0.15, 0.2) is 17.5 Å². The van der Waals surface area contributed by atoms with Crippen LogP contribution in [0.15, 0.2) is 12.1 Å². The van der Waals surface area contributed by atoms with Gasteiger partial charge in [-0.1, -0.05) is 0 Å². The fourth-order valence-electron chi connectivity index (χ4n) is 4.24. The molecule has 2 aliphatic rings. The van der Waals surface area contributed by atoms with E-state index in [1.54, 1.807) is 6.92 Å². The van der Waals surface area contributed by atoms with Crippen LogP contribution in [-0.4, -0.2) is 65.0 Å². The van der Waals surface area contributed by atoms with E-state index in [4.69, 9.17) is 20.4 Å². The second-order valence-corrected chi connectivity index (χ2v) is 8.16. The minimum Gasteiger partial charge on any atom is -0.378 e. The predicted molar refractivity (Wildman–Crippen MR) is 128 cm³/mol. The number of piperidine rings is 1. The zero-order valence-electron chi connectivity index (χ0n) is 18.5. The number of nitrogens with zero attached hydrogens (tertiary/aromatic N) is 6. The minimum absolute atomic E-state index is 0. The molecule has 2 saturated heterocycles. The Bertz CT molecular complexity index is 1170. The molecular weight excluding hydrogens is 494 g/mol. The number of rotatable bonds is 3. The molecule has 0 amide bonds. The first-order valence-corrected chi connectivity index (χ1v) is 10.7. The van der Waals surface area contributed by atoms with Crippen LogP contribution in [0.3, 0.4) is 0 Å². The highest BCUT2D eigenvalue weighted by atomic mass is 35.5. The summed E-state index contributed by atoms with van der Waals surface area (Å²) >= 11 is 0. The Morgan fingerprint density at radius 1 is 0.882 bits per heavy atom. The highest BCUT2D eigenvalue weighted by molar-refractivity contribution is 5.85. The quantitative estimate of drug-likeness (QED) is 0.532. The van der Waals surface area contributed by atoms with E-state index < -0.39 is 17.5 Å². The van der Waals surface area contributed by atoms with Crippen LogP contribution in [0.4, 0.5) is 24.8 Å². The van der Waals surface area contributed by atoms with Crippen molar-refractivity contribution in [3.63, 3.8) is 0 Å². The van der Waals surface area contributed by atoms with Gasteiger partial charge in [-0.05, 0) is 19.8 Å². The van der Waals surface area contributed by atoms with Crippen molar-refractivity contribution in [3.05, 3.63) is 35.4 Å². The Morgan fingerprint density at radius 3 is 2.09 bits per heavy atom. The van der Waals surface area contributed by atoms with Crippen LogP contribution < -0.4 is 15.5 Å². The van der Waals surface area contributed by atoms with Gasteiger partial charge in [0.25, 0.3) is 0 Å². The van der Waals surface area contributed by atoms with Crippen LogP contribution in [0, 0.1) is 24.4 Å². The Balaban J connectivity index is 0.00000162. The van der Waals surface area contributed by atoms with E-state index in [0.29, 0.717) is 43.8 Å². The number of halogens is 5. The van der Waals surface area contributed by atoms with Crippen LogP contribution >= 0.6 is 24.8 Å². The molecule has 13 heteroatoms. The SMILES string of the molecule is Cc1nc2c(F)c(F)c(F)cc2n1-c1nc(N2CCOCC2)cc(N2CCC(N)CC2)n1.Cl.Cl. The molecule has 5 rings (SSSR count). The van der Waals surface area contributed by atoms with Gasteiger partial charge in [0.2, 0.25) is 5.95 Å². The standard InChI is InChI=1S/C21H24F3N7O.2ClH/c1-12-26-20-15(10-14(22)18(23)19(20)24)31(12)21-27-16(29-4-2-13(25)3-5-29)11-17(28-21)30-6-8-32-9-7-30;;/h10-11,13H,2-9,25H2,1H3;2*1H. The van der Waals surface area contributed by atoms with E-state index in [9.17, 15) is 13.2 Å². The molecule has 4 heterocycles. The molecule has 186 valence electrons. The van der Waals surface area contributed by atoms with Gasteiger partial charge in [-0.2, -0.15) is 9.97 Å². The van der Waals surface area contributed by atoms with Gasteiger partial charge in [-0.3, -0.25) is 4.57 Å². The van der Waals surface area contributed by atoms with E-state index >= 15 is 0 Å². The Hall–Kier alpha value is -2.34. The molecule has 2 N–H and O–H groups in total. The molecule has 8 nitrogen and oxygen atoms in total. The van der Waals surface area contributed by atoms with Crippen molar-refractivity contribution in [3.8, 4) is 5.95 Å². The summed E-state index contributed by atoms with van der Waals surface area (Å²) in [4.78, 5) is 17.7. The molecule has 0 unspecified atom stereocenters. The third-order valence-corrected chi connectivity index (χ3v) is 6.04. The molecule has 2 fully saturated rings. The number of ether oxygens (including phenoxy) is 1. The van der Waals surface area contributed by atoms with Crippen molar-refractivity contribution in [2.45, 2.75) is 25.8 Å². The zero-order valence-corrected chi connectivity index (χ0v) is 20.1. The maximum Gasteiger partial charge on any atom is 0.239 e. The first-order valence-electron chi connectivity index (χ1n) is 10.7. The number of aryl methyl sites for hydroxylation is 1. The largest absolute Gasteiger partial charge is 0.378 e. The van der Waals surface area contributed by atoms with Gasteiger partial charge < -0.3 is 20.3 Å². The second kappa shape index (κ2) is 10.5. The number of aromatic nitrogens is 4. The number of hydrogen-bond donors (Lipinski definition) is 1. The summed E-state index contributed by atoms with van der Waals surface area (Å²) in [5.74, 6) is -2.21. The summed E-state index contributed by atoms with van der Waals surface area (Å²) in [6, 6.07) is 3.01. The number of fused-ring (bicyclic) bond motifs is 1. The van der Waals surface area contributed by atoms with Crippen LogP contribution in [0.25, 0.3) is 17.0 Å². The Labute approximate surface area is 207 Å². The van der Waals surface area contributed by atoms with Crippen molar-refractivity contribution >= 4 is 47.5 Å². The van der Waals surface area contributed by atoms with Crippen LogP contribution in [-0.2, 0) is 4.74 Å². The lowest BCUT2D eigenvalue weighted by atomic mass is 10.1. The summed E-state index contributed by atoms with van der Waals surface area (Å²) in [6.07, 6.45) is 1.68. The molecule has 0 atom stereocenters. The highest BCUT2D eigenvalue weighted by Crippen LogP contribution is 2.29. The number of imidazole rings is 1. The number of benzene rings is 1. The van der Waals surface area contributed by atoms with Gasteiger partial charge in [0.05, 0.1) is 18.7 Å². The maximum atomic E-state index is 14.4. The summed E-state index contributed by atoms with van der Waals surface area (Å²) in [7, 11) is 0. The van der Waals surface area contributed by atoms with E-state index in [-0.39, 0.29) is 47.8 Å². The fraction of sp³-hybridized carbons (Fsp3) is 0.476. The molecular formula is C21H26Cl2F3N7O. The van der Waals surface area contributed by atoms with Crippen molar-refractivity contribution < 1.29 is 17.9 Å². The fourth-order valence-corrected chi connectivity index (χ4v) is 4.24. The third kappa shape index (κ3) is 4.74. The molecule has 2 aliphatic heterocycles. The minimum atomic E-state index is -1.55. The van der Waals surface area contributed by atoms with Crippen molar-refractivity contribution in [1.29, 1.82) is 0 Å². The van der Waals surface area contributed by atoms with Gasteiger partial charge in [-0.25, -0.2) is 18.2 Å². The molecule has 0 radical (unpaired) electrons. The van der Waals surface area contributed by atoms with E-state index in [0.717, 1.165) is 32.0 Å². The first kappa shape index (κ1) is 26.3. The normalized spacial score (nSPS) is 17.0. The summed E-state index contributed by atoms with van der Waals surface area (Å²) in [6.45, 7) is 5.61. The van der Waals surface area contributed by atoms with Crippen LogP contribution in [0.1, 0.15) is 18.7 Å². The molecule has 0 aliphatic carbocycles. The average Bonchev–Trinajstić information content (AvgIpc) is 3.14. The molecule has 3 aromatic rings. The summed E-state index contributed by atoms with van der Waals surface area (Å²) in [5, 5.41) is 0. The number of morpholine rings is 1. The Morgan fingerprint density at radius 2 is 1.47 bits per heavy atom. The molecule has 1 aromatic carbocycles. The lowest BCUT2D eigenvalue weighted by Gasteiger charge is -2.33. The van der Waals surface area contributed by atoms with Crippen molar-refractivity contribution in [2.24, 2.45) is 5.73 Å². The average molecular weight is 520 g/mol. The molecule has 0 saturated carbocycles. The number of nitrogens with two attached hydrogens (primary N) is 1. The molecule has 34 heavy (non-hydrogen) atoms. The lowest BCUT2D eigenvalue weighted by Crippen LogP contribution is -2.41. The van der Waals surface area contributed by atoms with E-state index in [2.05, 4.69) is 14.8 Å². The number of anilines is 2. The van der Waals surface area contributed by atoms with Crippen molar-refractivity contribution in [2.75, 3.05) is 49.2 Å². The van der Waals surface area contributed by atoms with Gasteiger partial charge in [0.1, 0.15) is 23.0 Å². The Kier molecular flexibility index (Phi) is 8.12. The van der Waals surface area contributed by atoms with Gasteiger partial charge in [0, 0.05) is 44.4 Å². The van der Waals surface area contributed by atoms with E-state index in [1.165, 1.54) is 4.57 Å². The van der Waals surface area contributed by atoms with E-state index in [1.807, 2.05) is 6.07 Å². The second-order valence-electron chi connectivity index (χ2n) is 8.16. The topological polar surface area (TPSA) is 85.3 Å². The summed E-state index contributed by atoms with van der Waals surface area (Å²) < 4.78 is 49.1.